The molecule has 0 aliphatic carbocycles. The number of likely N-dealkylation sites (N-methyl/N-ethyl adjacent to an activating group) is 1. The van der Waals surface area contributed by atoms with Crippen molar-refractivity contribution < 1.29 is 19.1 Å². The molecule has 0 aliphatic heterocycles. The number of Topliss-reactive ketones (excluding diaryl/α,β-unsaturated/α-hetero) is 1. The maximum absolute atomic E-state index is 12.0. The molecule has 0 saturated heterocycles. The molecule has 0 spiro atoms. The third-order valence-corrected chi connectivity index (χ3v) is 3.48. The summed E-state index contributed by atoms with van der Waals surface area (Å²) >= 11 is 5.92. The van der Waals surface area contributed by atoms with Gasteiger partial charge in [0.1, 0.15) is 11.5 Å². The van der Waals surface area contributed by atoms with Crippen LogP contribution in [0.3, 0.4) is 0 Å². The lowest BCUT2D eigenvalue weighted by Crippen LogP contribution is -2.21. The van der Waals surface area contributed by atoms with Gasteiger partial charge in [-0.15, -0.1) is 0 Å². The number of ether oxygens (including phenoxy) is 2. The fraction of sp³-hybridized carbons (Fsp3) is 0.222. The summed E-state index contributed by atoms with van der Waals surface area (Å²) in [6.45, 7) is 0.315. The van der Waals surface area contributed by atoms with Gasteiger partial charge < -0.3 is 14.4 Å². The molecule has 0 atom stereocenters. The summed E-state index contributed by atoms with van der Waals surface area (Å²) < 4.78 is 10.4. The summed E-state index contributed by atoms with van der Waals surface area (Å²) in [5.41, 5.74) is 0.954. The van der Waals surface area contributed by atoms with Gasteiger partial charge in [0.15, 0.2) is 5.78 Å². The zero-order valence-electron chi connectivity index (χ0n) is 14.2. The molecule has 2 aromatic rings. The quantitative estimate of drug-likeness (QED) is 0.793. The molecule has 0 unspecified atom stereocenters. The molecule has 25 heavy (non-hydrogen) atoms. The van der Waals surface area contributed by atoms with Crippen LogP contribution < -0.4 is 14.8 Å². The van der Waals surface area contributed by atoms with E-state index >= 15 is 0 Å². The van der Waals surface area contributed by atoms with E-state index in [1.165, 1.54) is 7.11 Å². The van der Waals surface area contributed by atoms with Gasteiger partial charge in [-0.25, -0.2) is 4.79 Å². The second-order valence-electron chi connectivity index (χ2n) is 5.54. The normalized spacial score (nSPS) is 10.4. The molecule has 6 nitrogen and oxygen atoms in total. The van der Waals surface area contributed by atoms with E-state index in [9.17, 15) is 9.59 Å². The molecule has 0 radical (unpaired) electrons. The van der Waals surface area contributed by atoms with Crippen LogP contribution in [0.1, 0.15) is 10.4 Å². The summed E-state index contributed by atoms with van der Waals surface area (Å²) in [5, 5.41) is 3.03. The second-order valence-corrected chi connectivity index (χ2v) is 5.98. The third-order valence-electron chi connectivity index (χ3n) is 3.24. The Morgan fingerprint density at radius 1 is 1.12 bits per heavy atom. The highest BCUT2D eigenvalue weighted by atomic mass is 35.5. The van der Waals surface area contributed by atoms with Crippen molar-refractivity contribution >= 4 is 29.2 Å². The molecule has 132 valence electrons. The van der Waals surface area contributed by atoms with Gasteiger partial charge in [0.25, 0.3) is 0 Å². The first-order chi connectivity index (χ1) is 11.9. The van der Waals surface area contributed by atoms with E-state index in [-0.39, 0.29) is 5.78 Å². The number of hydrogen-bond donors (Lipinski definition) is 1. The van der Waals surface area contributed by atoms with Crippen LogP contribution in [0, 0.1) is 0 Å². The summed E-state index contributed by atoms with van der Waals surface area (Å²) in [6.07, 6.45) is -0.687. The molecule has 0 fully saturated rings. The van der Waals surface area contributed by atoms with Crippen LogP contribution in [0.4, 0.5) is 10.5 Å². The van der Waals surface area contributed by atoms with Gasteiger partial charge in [-0.3, -0.25) is 10.1 Å². The van der Waals surface area contributed by atoms with E-state index in [0.717, 1.165) is 0 Å². The molecule has 2 rings (SSSR count). The van der Waals surface area contributed by atoms with Crippen molar-refractivity contribution in [3.8, 4) is 11.5 Å². The van der Waals surface area contributed by atoms with Gasteiger partial charge in [0.05, 0.1) is 19.3 Å². The molecular weight excluding hydrogens is 344 g/mol. The smallest absolute Gasteiger partial charge is 0.417 e. The van der Waals surface area contributed by atoms with E-state index in [1.807, 2.05) is 14.1 Å². The van der Waals surface area contributed by atoms with E-state index in [1.54, 1.807) is 47.4 Å². The minimum atomic E-state index is -0.687. The number of ketones is 1. The first kappa shape index (κ1) is 18.8. The molecule has 0 heterocycles. The van der Waals surface area contributed by atoms with Gasteiger partial charge in [-0.05, 0) is 56.6 Å². The van der Waals surface area contributed by atoms with Crippen LogP contribution in [0.2, 0.25) is 5.02 Å². The number of anilines is 1. The lowest BCUT2D eigenvalue weighted by Gasteiger charge is -2.11. The number of methoxy groups -OCH3 is 1. The first-order valence-electron chi connectivity index (χ1n) is 7.49. The van der Waals surface area contributed by atoms with E-state index < -0.39 is 6.09 Å². The summed E-state index contributed by atoms with van der Waals surface area (Å²) in [5.74, 6) is 0.774. The van der Waals surface area contributed by atoms with Crippen LogP contribution in [0.25, 0.3) is 0 Å². The standard InChI is InChI=1S/C18H19ClN2O4/c1-21(2)11-16(22)12-4-7-14(8-5-12)25-18(23)20-15-10-13(19)6-9-17(15)24-3/h4-10H,11H2,1-3H3,(H,20,23). The maximum Gasteiger partial charge on any atom is 0.417 e. The SMILES string of the molecule is COc1ccc(Cl)cc1NC(=O)Oc1ccc(C(=O)CN(C)C)cc1. The number of hydrogen-bond acceptors (Lipinski definition) is 5. The number of rotatable bonds is 6. The molecule has 0 saturated carbocycles. The fourth-order valence-corrected chi connectivity index (χ4v) is 2.28. The van der Waals surface area contributed by atoms with Gasteiger partial charge in [-0.2, -0.15) is 0 Å². The summed E-state index contributed by atoms with van der Waals surface area (Å²) in [7, 11) is 5.14. The largest absolute Gasteiger partial charge is 0.495 e. The Bertz CT molecular complexity index is 760. The lowest BCUT2D eigenvalue weighted by molar-refractivity contribution is 0.0958. The number of benzene rings is 2. The van der Waals surface area contributed by atoms with Crippen LogP contribution in [-0.4, -0.2) is 44.5 Å². The van der Waals surface area contributed by atoms with Crippen molar-refractivity contribution in [3.63, 3.8) is 0 Å². The van der Waals surface area contributed by atoms with Gasteiger partial charge in [-0.1, -0.05) is 11.6 Å². The van der Waals surface area contributed by atoms with E-state index in [0.29, 0.717) is 34.3 Å². The Labute approximate surface area is 151 Å². The molecule has 7 heteroatoms. The number of nitrogens with one attached hydrogen (secondary N) is 1. The first-order valence-corrected chi connectivity index (χ1v) is 7.87. The monoisotopic (exact) mass is 362 g/mol. The molecule has 0 aliphatic rings. The van der Waals surface area contributed by atoms with Crippen molar-refractivity contribution in [1.29, 1.82) is 0 Å². The molecule has 0 bridgehead atoms. The van der Waals surface area contributed by atoms with E-state index in [2.05, 4.69) is 5.32 Å². The zero-order chi connectivity index (χ0) is 18.4. The second kappa shape index (κ2) is 8.50. The van der Waals surface area contributed by atoms with Crippen LogP contribution in [0.5, 0.6) is 11.5 Å². The third kappa shape index (κ3) is 5.48. The fourth-order valence-electron chi connectivity index (χ4n) is 2.11. The highest BCUT2D eigenvalue weighted by molar-refractivity contribution is 6.31. The van der Waals surface area contributed by atoms with Crippen LogP contribution in [0.15, 0.2) is 42.5 Å². The van der Waals surface area contributed by atoms with Crippen molar-refractivity contribution in [3.05, 3.63) is 53.1 Å². The average Bonchev–Trinajstić information content (AvgIpc) is 2.55. The average molecular weight is 363 g/mol. The number of carbonyl (C=O) groups is 2. The minimum absolute atomic E-state index is 0.00957. The Hall–Kier alpha value is -2.57. The topological polar surface area (TPSA) is 67.9 Å². The molecular formula is C18H19ClN2O4. The van der Waals surface area contributed by atoms with E-state index in [4.69, 9.17) is 21.1 Å². The van der Waals surface area contributed by atoms with Crippen molar-refractivity contribution in [2.24, 2.45) is 0 Å². The van der Waals surface area contributed by atoms with Crippen molar-refractivity contribution in [2.75, 3.05) is 33.1 Å². The molecule has 0 aromatic heterocycles. The van der Waals surface area contributed by atoms with Crippen molar-refractivity contribution in [2.45, 2.75) is 0 Å². The van der Waals surface area contributed by atoms with Crippen molar-refractivity contribution in [1.82, 2.24) is 4.90 Å². The highest BCUT2D eigenvalue weighted by Crippen LogP contribution is 2.28. The Morgan fingerprint density at radius 2 is 1.80 bits per heavy atom. The lowest BCUT2D eigenvalue weighted by atomic mass is 10.1. The number of carbonyl (C=O) groups excluding carboxylic acids is 2. The predicted octanol–water partition coefficient (Wildman–Crippen LogP) is 3.70. The van der Waals surface area contributed by atoms with Crippen LogP contribution in [-0.2, 0) is 0 Å². The maximum atomic E-state index is 12.0. The summed E-state index contributed by atoms with van der Waals surface area (Å²) in [6, 6.07) is 11.2. The Balaban J connectivity index is 2.01. The Kier molecular flexibility index (Phi) is 6.38. The highest BCUT2D eigenvalue weighted by Gasteiger charge is 2.11. The van der Waals surface area contributed by atoms with Crippen LogP contribution >= 0.6 is 11.6 Å². The van der Waals surface area contributed by atoms with Gasteiger partial charge in [0.2, 0.25) is 0 Å². The molecule has 2 aromatic carbocycles. The molecule has 1 amide bonds. The van der Waals surface area contributed by atoms with Gasteiger partial charge >= 0.3 is 6.09 Å². The predicted molar refractivity (Wildman–Crippen MR) is 97.0 cm³/mol. The number of halogens is 1. The number of nitrogens with zero attached hydrogens (tertiary/aromatic N) is 1. The Morgan fingerprint density at radius 3 is 2.40 bits per heavy atom. The van der Waals surface area contributed by atoms with Gasteiger partial charge in [0, 0.05) is 10.6 Å². The summed E-state index contributed by atoms with van der Waals surface area (Å²) in [4.78, 5) is 25.8. The molecule has 1 N–H and O–H groups in total. The minimum Gasteiger partial charge on any atom is -0.495 e. The number of amides is 1. The zero-order valence-corrected chi connectivity index (χ0v) is 15.0.